The van der Waals surface area contributed by atoms with Crippen LogP contribution in [-0.2, 0) is 6.54 Å². The molecule has 4 aromatic rings. The average Bonchev–Trinajstić information content (AvgIpc) is 3.03. The van der Waals surface area contributed by atoms with Crippen molar-refractivity contribution in [2.45, 2.75) is 20.4 Å². The first-order valence-corrected chi connectivity index (χ1v) is 9.69. The Morgan fingerprint density at radius 3 is 2.59 bits per heavy atom. The third-order valence-corrected chi connectivity index (χ3v) is 5.10. The van der Waals surface area contributed by atoms with Gasteiger partial charge in [0.2, 0.25) is 0 Å². The first-order chi connectivity index (χ1) is 14.1. The summed E-state index contributed by atoms with van der Waals surface area (Å²) in [6.07, 6.45) is 0. The van der Waals surface area contributed by atoms with Gasteiger partial charge in [-0.1, -0.05) is 36.4 Å². The molecule has 0 aliphatic carbocycles. The molecule has 29 heavy (non-hydrogen) atoms. The Balaban J connectivity index is 1.72. The zero-order valence-electron chi connectivity index (χ0n) is 16.9. The van der Waals surface area contributed by atoms with Gasteiger partial charge >= 0.3 is 5.69 Å². The van der Waals surface area contributed by atoms with E-state index in [0.717, 1.165) is 22.2 Å². The number of hydrogen-bond acceptors (Lipinski definition) is 3. The van der Waals surface area contributed by atoms with E-state index in [9.17, 15) is 4.79 Å². The summed E-state index contributed by atoms with van der Waals surface area (Å²) in [6.45, 7) is 5.02. The summed E-state index contributed by atoms with van der Waals surface area (Å²) < 4.78 is 12.8. The molecule has 0 atom stereocenters. The van der Waals surface area contributed by atoms with E-state index >= 15 is 0 Å². The Labute approximate surface area is 169 Å². The summed E-state index contributed by atoms with van der Waals surface area (Å²) in [7, 11) is 1.62. The Kier molecular flexibility index (Phi) is 5.12. The van der Waals surface area contributed by atoms with Crippen molar-refractivity contribution < 1.29 is 9.47 Å². The number of imidazole rings is 1. The van der Waals surface area contributed by atoms with Crippen LogP contribution in [0.2, 0.25) is 0 Å². The Morgan fingerprint density at radius 2 is 1.83 bits per heavy atom. The fourth-order valence-corrected chi connectivity index (χ4v) is 3.66. The van der Waals surface area contributed by atoms with Crippen molar-refractivity contribution in [1.29, 1.82) is 0 Å². The van der Waals surface area contributed by atoms with E-state index in [2.05, 4.69) is 30.1 Å². The normalized spacial score (nSPS) is 11.0. The lowest BCUT2D eigenvalue weighted by Crippen LogP contribution is -2.17. The fraction of sp³-hybridized carbons (Fsp3) is 0.208. The fourth-order valence-electron chi connectivity index (χ4n) is 3.66. The monoisotopic (exact) mass is 388 g/mol. The molecular weight excluding hydrogens is 364 g/mol. The summed E-state index contributed by atoms with van der Waals surface area (Å²) in [5, 5.41) is 0. The predicted molar refractivity (Wildman–Crippen MR) is 116 cm³/mol. The lowest BCUT2D eigenvalue weighted by atomic mass is 10.0. The number of fused-ring (bicyclic) bond motifs is 1. The van der Waals surface area contributed by atoms with Gasteiger partial charge in [-0.2, -0.15) is 0 Å². The number of nitrogens with one attached hydrogen (secondary N) is 1. The maximum Gasteiger partial charge on any atom is 0.326 e. The Bertz CT molecular complexity index is 1220. The van der Waals surface area contributed by atoms with Gasteiger partial charge in [-0.15, -0.1) is 0 Å². The number of nitrogens with zero attached hydrogens (tertiary/aromatic N) is 1. The molecule has 0 radical (unpaired) electrons. The number of aryl methyl sites for hydroxylation is 1. The third-order valence-electron chi connectivity index (χ3n) is 5.10. The van der Waals surface area contributed by atoms with E-state index in [0.29, 0.717) is 24.7 Å². The van der Waals surface area contributed by atoms with Crippen LogP contribution in [0.5, 0.6) is 11.5 Å². The molecule has 3 aromatic carbocycles. The van der Waals surface area contributed by atoms with Gasteiger partial charge in [0.15, 0.2) is 11.5 Å². The van der Waals surface area contributed by atoms with Crippen molar-refractivity contribution in [3.63, 3.8) is 0 Å². The van der Waals surface area contributed by atoms with Gasteiger partial charge in [0.1, 0.15) is 0 Å². The number of rotatable bonds is 6. The van der Waals surface area contributed by atoms with Crippen LogP contribution in [0.1, 0.15) is 18.1 Å². The van der Waals surface area contributed by atoms with Gasteiger partial charge < -0.3 is 14.5 Å². The highest BCUT2D eigenvalue weighted by molar-refractivity contribution is 5.83. The van der Waals surface area contributed by atoms with Gasteiger partial charge in [-0.25, -0.2) is 4.79 Å². The van der Waals surface area contributed by atoms with Crippen LogP contribution in [0, 0.1) is 6.92 Å². The van der Waals surface area contributed by atoms with E-state index in [-0.39, 0.29) is 5.69 Å². The van der Waals surface area contributed by atoms with Crippen LogP contribution in [0.4, 0.5) is 0 Å². The maximum atomic E-state index is 12.6. The van der Waals surface area contributed by atoms with E-state index < -0.39 is 0 Å². The van der Waals surface area contributed by atoms with Crippen LogP contribution in [0.25, 0.3) is 22.2 Å². The van der Waals surface area contributed by atoms with Crippen molar-refractivity contribution in [1.82, 2.24) is 9.55 Å². The second kappa shape index (κ2) is 7.87. The molecule has 0 spiro atoms. The molecule has 1 aromatic heterocycles. The largest absolute Gasteiger partial charge is 0.493 e. The molecule has 5 heteroatoms. The van der Waals surface area contributed by atoms with E-state index in [1.807, 2.05) is 49.4 Å². The van der Waals surface area contributed by atoms with Crippen molar-refractivity contribution in [2.75, 3.05) is 13.7 Å². The highest BCUT2D eigenvalue weighted by Gasteiger charge is 2.11. The molecule has 4 rings (SSSR count). The minimum absolute atomic E-state index is 0.129. The summed E-state index contributed by atoms with van der Waals surface area (Å²) in [5.41, 5.74) is 6.01. The average molecular weight is 388 g/mol. The second-order valence-electron chi connectivity index (χ2n) is 6.98. The standard InChI is InChI=1S/C24H24N2O3/c1-4-29-23-13-17(9-12-22(23)28-3)15-26-21-11-10-18(14-20(21)25-24(26)27)19-8-6-5-7-16(19)2/h5-14H,4,15H2,1-3H3,(H,25,27). The van der Waals surface area contributed by atoms with Crippen LogP contribution in [0.15, 0.2) is 65.5 Å². The molecular formula is C24H24N2O3. The first-order valence-electron chi connectivity index (χ1n) is 9.69. The quantitative estimate of drug-likeness (QED) is 0.518. The zero-order valence-corrected chi connectivity index (χ0v) is 16.9. The highest BCUT2D eigenvalue weighted by atomic mass is 16.5. The molecule has 148 valence electrons. The van der Waals surface area contributed by atoms with Crippen LogP contribution in [-0.4, -0.2) is 23.3 Å². The summed E-state index contributed by atoms with van der Waals surface area (Å²) in [6, 6.07) is 20.1. The number of methoxy groups -OCH3 is 1. The van der Waals surface area contributed by atoms with E-state index in [4.69, 9.17) is 9.47 Å². The molecule has 0 aliphatic heterocycles. The maximum absolute atomic E-state index is 12.6. The molecule has 0 fully saturated rings. The number of H-pyrrole nitrogens is 1. The van der Waals surface area contributed by atoms with Crippen LogP contribution in [0.3, 0.4) is 0 Å². The van der Waals surface area contributed by atoms with Gasteiger partial charge in [-0.3, -0.25) is 4.57 Å². The number of aromatic amines is 1. The van der Waals surface area contributed by atoms with Gasteiger partial charge in [0, 0.05) is 0 Å². The minimum atomic E-state index is -0.129. The topological polar surface area (TPSA) is 56.2 Å². The summed E-state index contributed by atoms with van der Waals surface area (Å²) >= 11 is 0. The first kappa shape index (κ1) is 18.9. The molecule has 1 N–H and O–H groups in total. The molecule has 1 heterocycles. The van der Waals surface area contributed by atoms with E-state index in [1.165, 1.54) is 11.1 Å². The minimum Gasteiger partial charge on any atom is -0.493 e. The number of ether oxygens (including phenoxy) is 2. The van der Waals surface area contributed by atoms with Gasteiger partial charge in [0.25, 0.3) is 0 Å². The molecule has 0 aliphatic rings. The SMILES string of the molecule is CCOc1cc(Cn2c(=O)[nH]c3cc(-c4ccccc4C)ccc32)ccc1OC. The van der Waals surface area contributed by atoms with Crippen molar-refractivity contribution >= 4 is 11.0 Å². The van der Waals surface area contributed by atoms with Crippen molar-refractivity contribution in [3.8, 4) is 22.6 Å². The molecule has 0 bridgehead atoms. The Morgan fingerprint density at radius 1 is 1.00 bits per heavy atom. The number of benzene rings is 3. The number of hydrogen-bond donors (Lipinski definition) is 1. The van der Waals surface area contributed by atoms with Gasteiger partial charge in [-0.05, 0) is 60.4 Å². The lowest BCUT2D eigenvalue weighted by Gasteiger charge is -2.12. The Hall–Kier alpha value is -3.47. The number of aromatic nitrogens is 2. The molecule has 5 nitrogen and oxygen atoms in total. The molecule has 0 unspecified atom stereocenters. The van der Waals surface area contributed by atoms with Crippen LogP contribution < -0.4 is 15.2 Å². The lowest BCUT2D eigenvalue weighted by molar-refractivity contribution is 0.310. The predicted octanol–water partition coefficient (Wildman–Crippen LogP) is 4.76. The van der Waals surface area contributed by atoms with Crippen molar-refractivity contribution in [3.05, 3.63) is 82.3 Å². The molecule has 0 saturated carbocycles. The van der Waals surface area contributed by atoms with E-state index in [1.54, 1.807) is 11.7 Å². The summed E-state index contributed by atoms with van der Waals surface area (Å²) in [4.78, 5) is 15.6. The molecule has 0 amide bonds. The molecule has 0 saturated heterocycles. The van der Waals surface area contributed by atoms with Crippen molar-refractivity contribution in [2.24, 2.45) is 0 Å². The third kappa shape index (κ3) is 3.63. The second-order valence-corrected chi connectivity index (χ2v) is 6.98. The van der Waals surface area contributed by atoms with Crippen LogP contribution >= 0.6 is 0 Å². The highest BCUT2D eigenvalue weighted by Crippen LogP contribution is 2.29. The van der Waals surface area contributed by atoms with Gasteiger partial charge in [0.05, 0.1) is 31.3 Å². The summed E-state index contributed by atoms with van der Waals surface area (Å²) in [5.74, 6) is 1.37. The zero-order chi connectivity index (χ0) is 20.4. The smallest absolute Gasteiger partial charge is 0.326 e.